The fourth-order valence-corrected chi connectivity index (χ4v) is 2.92. The summed E-state index contributed by atoms with van der Waals surface area (Å²) in [5.74, 6) is -1.64. The van der Waals surface area contributed by atoms with E-state index in [9.17, 15) is 19.2 Å². The number of carbonyl (C=O) groups is 4. The van der Waals surface area contributed by atoms with Crippen molar-refractivity contribution in [3.8, 4) is 0 Å². The predicted molar refractivity (Wildman–Crippen MR) is 99.1 cm³/mol. The second kappa shape index (κ2) is 9.30. The number of hydrogen-bond acceptors (Lipinski definition) is 5. The molecule has 27 heavy (non-hydrogen) atoms. The molecule has 0 aromatic heterocycles. The van der Waals surface area contributed by atoms with Crippen molar-refractivity contribution in [1.29, 1.82) is 0 Å². The Balaban J connectivity index is 1.74. The maximum atomic E-state index is 12.2. The smallest absolute Gasteiger partial charge is 0.326 e. The highest BCUT2D eigenvalue weighted by atomic mass is 16.5. The highest BCUT2D eigenvalue weighted by Crippen LogP contribution is 2.22. The molecule has 0 spiro atoms. The van der Waals surface area contributed by atoms with Crippen LogP contribution in [0.2, 0.25) is 0 Å². The molecule has 0 unspecified atom stereocenters. The molecule has 1 aliphatic rings. The lowest BCUT2D eigenvalue weighted by Crippen LogP contribution is -2.39. The number of nitrogens with zero attached hydrogens (tertiary/aromatic N) is 1. The molecule has 0 bridgehead atoms. The Bertz CT molecular complexity index is 694. The average molecular weight is 374 g/mol. The zero-order valence-corrected chi connectivity index (χ0v) is 16.0. The lowest BCUT2D eigenvalue weighted by molar-refractivity contribution is -0.148. The van der Waals surface area contributed by atoms with Gasteiger partial charge in [0, 0.05) is 6.04 Å². The van der Waals surface area contributed by atoms with Gasteiger partial charge in [0.25, 0.3) is 17.7 Å². The molecule has 7 heteroatoms. The van der Waals surface area contributed by atoms with E-state index in [1.807, 2.05) is 6.92 Å². The van der Waals surface area contributed by atoms with Gasteiger partial charge in [0.2, 0.25) is 0 Å². The summed E-state index contributed by atoms with van der Waals surface area (Å²) in [6.07, 6.45) is 2.96. The van der Waals surface area contributed by atoms with Crippen molar-refractivity contribution in [2.45, 2.75) is 46.1 Å². The molecule has 1 aliphatic heterocycles. The Kier molecular flexibility index (Phi) is 7.10. The topological polar surface area (TPSA) is 92.8 Å². The molecular weight excluding hydrogens is 348 g/mol. The number of benzene rings is 1. The molecule has 0 aliphatic carbocycles. The van der Waals surface area contributed by atoms with Gasteiger partial charge in [-0.25, -0.2) is 0 Å². The minimum atomic E-state index is -0.799. The molecule has 0 saturated heterocycles. The number of amides is 3. The largest absolute Gasteiger partial charge is 0.454 e. The third kappa shape index (κ3) is 5.64. The van der Waals surface area contributed by atoms with E-state index in [0.717, 1.165) is 24.2 Å². The van der Waals surface area contributed by atoms with Crippen LogP contribution in [0.25, 0.3) is 0 Å². The van der Waals surface area contributed by atoms with Gasteiger partial charge in [-0.15, -0.1) is 0 Å². The summed E-state index contributed by atoms with van der Waals surface area (Å²) in [6, 6.07) is 6.37. The lowest BCUT2D eigenvalue weighted by atomic mass is 10.0. The molecule has 0 radical (unpaired) electrons. The van der Waals surface area contributed by atoms with Crippen LogP contribution in [-0.2, 0) is 14.3 Å². The highest BCUT2D eigenvalue weighted by Gasteiger charge is 2.36. The number of rotatable bonds is 9. The first-order valence-corrected chi connectivity index (χ1v) is 9.19. The van der Waals surface area contributed by atoms with E-state index in [4.69, 9.17) is 4.74 Å². The number of nitrogens with one attached hydrogen (secondary N) is 1. The van der Waals surface area contributed by atoms with E-state index < -0.39 is 36.8 Å². The molecule has 0 saturated carbocycles. The number of esters is 1. The zero-order chi connectivity index (χ0) is 20.0. The van der Waals surface area contributed by atoms with Crippen LogP contribution in [0.4, 0.5) is 0 Å². The third-order valence-electron chi connectivity index (χ3n) is 4.36. The van der Waals surface area contributed by atoms with Crippen molar-refractivity contribution in [1.82, 2.24) is 10.2 Å². The van der Waals surface area contributed by atoms with Crippen molar-refractivity contribution < 1.29 is 23.9 Å². The van der Waals surface area contributed by atoms with Gasteiger partial charge in [-0.3, -0.25) is 24.1 Å². The van der Waals surface area contributed by atoms with Crippen molar-refractivity contribution in [2.75, 3.05) is 13.2 Å². The summed E-state index contributed by atoms with van der Waals surface area (Å²) in [4.78, 5) is 49.0. The molecule has 1 heterocycles. The second-order valence-corrected chi connectivity index (χ2v) is 7.20. The summed E-state index contributed by atoms with van der Waals surface area (Å²) < 4.78 is 4.91. The fourth-order valence-electron chi connectivity index (χ4n) is 2.92. The van der Waals surface area contributed by atoms with E-state index in [1.54, 1.807) is 12.1 Å². The van der Waals surface area contributed by atoms with E-state index in [2.05, 4.69) is 19.2 Å². The van der Waals surface area contributed by atoms with Crippen LogP contribution < -0.4 is 5.32 Å². The van der Waals surface area contributed by atoms with Crippen LogP contribution in [0.1, 0.15) is 60.7 Å². The summed E-state index contributed by atoms with van der Waals surface area (Å²) in [5, 5.41) is 2.77. The molecule has 146 valence electrons. The SMILES string of the molecule is CC(C)CCC[C@H](C)NC(=O)COC(=O)CN1C(=O)c2ccccc2C1=O. The van der Waals surface area contributed by atoms with E-state index in [-0.39, 0.29) is 17.2 Å². The first-order chi connectivity index (χ1) is 12.8. The molecule has 1 atom stereocenters. The number of carbonyl (C=O) groups excluding carboxylic acids is 4. The zero-order valence-electron chi connectivity index (χ0n) is 16.0. The van der Waals surface area contributed by atoms with Crippen LogP contribution in [0, 0.1) is 5.92 Å². The quantitative estimate of drug-likeness (QED) is 0.528. The van der Waals surface area contributed by atoms with Gasteiger partial charge in [-0.2, -0.15) is 0 Å². The number of imide groups is 1. The number of ether oxygens (including phenoxy) is 1. The summed E-state index contributed by atoms with van der Waals surface area (Å²) in [6.45, 7) is 5.26. The van der Waals surface area contributed by atoms with Crippen molar-refractivity contribution >= 4 is 23.7 Å². The maximum absolute atomic E-state index is 12.2. The summed E-state index contributed by atoms with van der Waals surface area (Å²) in [7, 11) is 0. The van der Waals surface area contributed by atoms with Gasteiger partial charge in [0.05, 0.1) is 11.1 Å². The van der Waals surface area contributed by atoms with E-state index in [0.29, 0.717) is 5.92 Å². The predicted octanol–water partition coefficient (Wildman–Crippen LogP) is 2.16. The molecular formula is C20H26N2O5. The first kappa shape index (κ1) is 20.6. The van der Waals surface area contributed by atoms with Gasteiger partial charge in [0.15, 0.2) is 6.61 Å². The summed E-state index contributed by atoms with van der Waals surface area (Å²) in [5.41, 5.74) is 0.534. The number of fused-ring (bicyclic) bond motifs is 1. The normalized spacial score (nSPS) is 14.3. The van der Waals surface area contributed by atoms with Crippen LogP contribution >= 0.6 is 0 Å². The van der Waals surface area contributed by atoms with Gasteiger partial charge in [-0.05, 0) is 31.4 Å². The Morgan fingerprint density at radius 3 is 2.19 bits per heavy atom. The average Bonchev–Trinajstić information content (AvgIpc) is 2.85. The maximum Gasteiger partial charge on any atom is 0.326 e. The van der Waals surface area contributed by atoms with Crippen molar-refractivity contribution in [3.63, 3.8) is 0 Å². The molecule has 1 N–H and O–H groups in total. The summed E-state index contributed by atoms with van der Waals surface area (Å²) >= 11 is 0. The highest BCUT2D eigenvalue weighted by molar-refractivity contribution is 6.22. The molecule has 0 fully saturated rings. The minimum Gasteiger partial charge on any atom is -0.454 e. The Labute approximate surface area is 159 Å². The second-order valence-electron chi connectivity index (χ2n) is 7.20. The van der Waals surface area contributed by atoms with Crippen LogP contribution in [0.3, 0.4) is 0 Å². The van der Waals surface area contributed by atoms with E-state index >= 15 is 0 Å². The molecule has 3 amide bonds. The van der Waals surface area contributed by atoms with Gasteiger partial charge in [-0.1, -0.05) is 38.8 Å². The fraction of sp³-hybridized carbons (Fsp3) is 0.500. The minimum absolute atomic E-state index is 0.00816. The first-order valence-electron chi connectivity index (χ1n) is 9.19. The molecule has 1 aromatic carbocycles. The van der Waals surface area contributed by atoms with E-state index in [1.165, 1.54) is 12.1 Å². The van der Waals surface area contributed by atoms with Gasteiger partial charge >= 0.3 is 5.97 Å². The van der Waals surface area contributed by atoms with Crippen LogP contribution in [0.15, 0.2) is 24.3 Å². The van der Waals surface area contributed by atoms with Crippen LogP contribution in [-0.4, -0.2) is 47.8 Å². The molecule has 2 rings (SSSR count). The Morgan fingerprint density at radius 1 is 1.04 bits per heavy atom. The Morgan fingerprint density at radius 2 is 1.63 bits per heavy atom. The van der Waals surface area contributed by atoms with Gasteiger partial charge < -0.3 is 10.1 Å². The molecule has 7 nitrogen and oxygen atoms in total. The number of hydrogen-bond donors (Lipinski definition) is 1. The standard InChI is InChI=1S/C20H26N2O5/c1-13(2)7-6-8-14(3)21-17(23)12-27-18(24)11-22-19(25)15-9-4-5-10-16(15)20(22)26/h4-5,9-10,13-14H,6-8,11-12H2,1-3H3,(H,21,23)/t14-/m0/s1. The van der Waals surface area contributed by atoms with Crippen LogP contribution in [0.5, 0.6) is 0 Å². The third-order valence-corrected chi connectivity index (χ3v) is 4.36. The monoisotopic (exact) mass is 374 g/mol. The lowest BCUT2D eigenvalue weighted by Gasteiger charge is -2.15. The van der Waals surface area contributed by atoms with Gasteiger partial charge in [0.1, 0.15) is 6.54 Å². The Hall–Kier alpha value is -2.70. The molecule has 1 aromatic rings. The van der Waals surface area contributed by atoms with Crippen molar-refractivity contribution in [3.05, 3.63) is 35.4 Å². The van der Waals surface area contributed by atoms with Crippen molar-refractivity contribution in [2.24, 2.45) is 5.92 Å².